The number of nitro benzene ring substituents is 1. The monoisotopic (exact) mass is 446 g/mol. The molecule has 2 aromatic rings. The summed E-state index contributed by atoms with van der Waals surface area (Å²) in [5.41, 5.74) is 0.314. The normalized spacial score (nSPS) is 21.9. The molecule has 0 radical (unpaired) electrons. The first kappa shape index (κ1) is 22.9. The van der Waals surface area contributed by atoms with Crippen LogP contribution in [0.25, 0.3) is 0 Å². The molecule has 0 amide bonds. The van der Waals surface area contributed by atoms with Crippen LogP contribution in [-0.2, 0) is 19.6 Å². The van der Waals surface area contributed by atoms with Gasteiger partial charge in [0.1, 0.15) is 6.04 Å². The Morgan fingerprint density at radius 1 is 1.16 bits per heavy atom. The number of hydrogen-bond donors (Lipinski definition) is 0. The molecule has 9 heteroatoms. The van der Waals surface area contributed by atoms with Gasteiger partial charge in [0.2, 0.25) is 0 Å². The van der Waals surface area contributed by atoms with Crippen LogP contribution in [0.5, 0.6) is 0 Å². The van der Waals surface area contributed by atoms with Crippen LogP contribution in [0.4, 0.5) is 5.69 Å². The fraction of sp³-hybridized carbons (Fsp3) is 0.409. The molecule has 2 aromatic carbocycles. The Bertz CT molecular complexity index is 1050. The van der Waals surface area contributed by atoms with E-state index < -0.39 is 43.5 Å². The number of rotatable bonds is 7. The average molecular weight is 447 g/mol. The van der Waals surface area contributed by atoms with Crippen molar-refractivity contribution < 1.29 is 22.9 Å². The minimum Gasteiger partial charge on any atom is -0.465 e. The van der Waals surface area contributed by atoms with E-state index in [4.69, 9.17) is 4.74 Å². The van der Waals surface area contributed by atoms with Gasteiger partial charge in [-0.05, 0) is 30.4 Å². The van der Waals surface area contributed by atoms with E-state index in [-0.39, 0.29) is 25.0 Å². The van der Waals surface area contributed by atoms with Gasteiger partial charge >= 0.3 is 5.97 Å². The summed E-state index contributed by atoms with van der Waals surface area (Å²) in [6.07, 6.45) is 0. The molecule has 31 heavy (non-hydrogen) atoms. The van der Waals surface area contributed by atoms with Crippen LogP contribution in [0.2, 0.25) is 0 Å². The maximum absolute atomic E-state index is 13.6. The van der Waals surface area contributed by atoms with Crippen molar-refractivity contribution in [2.75, 3.05) is 13.2 Å². The Kier molecular flexibility index (Phi) is 6.76. The second-order valence-electron chi connectivity index (χ2n) is 7.84. The highest BCUT2D eigenvalue weighted by Crippen LogP contribution is 2.45. The second-order valence-corrected chi connectivity index (χ2v) is 9.70. The maximum atomic E-state index is 13.6. The van der Waals surface area contributed by atoms with Gasteiger partial charge in [-0.2, -0.15) is 4.31 Å². The van der Waals surface area contributed by atoms with E-state index in [0.717, 1.165) is 15.9 Å². The number of hydrogen-bond acceptors (Lipinski definition) is 6. The molecule has 3 atom stereocenters. The molecule has 0 aromatic heterocycles. The first-order chi connectivity index (χ1) is 14.7. The predicted molar refractivity (Wildman–Crippen MR) is 115 cm³/mol. The van der Waals surface area contributed by atoms with E-state index in [9.17, 15) is 23.3 Å². The van der Waals surface area contributed by atoms with E-state index in [1.807, 2.05) is 44.2 Å². The molecule has 0 N–H and O–H groups in total. The lowest BCUT2D eigenvalue weighted by atomic mass is 9.78. The Morgan fingerprint density at radius 2 is 1.77 bits per heavy atom. The molecule has 1 fully saturated rings. The molecule has 8 nitrogen and oxygen atoms in total. The Morgan fingerprint density at radius 3 is 2.35 bits per heavy atom. The number of benzene rings is 2. The summed E-state index contributed by atoms with van der Waals surface area (Å²) < 4.78 is 33.6. The fourth-order valence-electron chi connectivity index (χ4n) is 4.27. The van der Waals surface area contributed by atoms with Crippen LogP contribution in [0.1, 0.15) is 32.3 Å². The number of carbonyl (C=O) groups excluding carboxylic acids is 1. The minimum absolute atomic E-state index is 0.0630. The summed E-state index contributed by atoms with van der Waals surface area (Å²) >= 11 is 0. The van der Waals surface area contributed by atoms with Crippen LogP contribution >= 0.6 is 0 Å². The van der Waals surface area contributed by atoms with Crippen molar-refractivity contribution in [2.24, 2.45) is 11.8 Å². The van der Waals surface area contributed by atoms with Gasteiger partial charge in [-0.1, -0.05) is 56.3 Å². The molecule has 1 saturated heterocycles. The van der Waals surface area contributed by atoms with E-state index in [0.29, 0.717) is 0 Å². The van der Waals surface area contributed by atoms with Crippen LogP contribution in [0.15, 0.2) is 59.5 Å². The van der Waals surface area contributed by atoms with E-state index >= 15 is 0 Å². The fourth-order valence-corrected chi connectivity index (χ4v) is 6.06. The molecular weight excluding hydrogens is 420 g/mol. The van der Waals surface area contributed by atoms with Crippen molar-refractivity contribution in [3.8, 4) is 0 Å². The summed E-state index contributed by atoms with van der Waals surface area (Å²) in [7, 11) is -4.34. The molecule has 0 bridgehead atoms. The topological polar surface area (TPSA) is 107 Å². The molecule has 0 saturated carbocycles. The summed E-state index contributed by atoms with van der Waals surface area (Å²) in [6, 6.07) is 13.4. The van der Waals surface area contributed by atoms with Gasteiger partial charge in [0, 0.05) is 18.5 Å². The zero-order valence-corrected chi connectivity index (χ0v) is 18.5. The number of nitro groups is 1. The van der Waals surface area contributed by atoms with E-state index in [2.05, 4.69) is 0 Å². The van der Waals surface area contributed by atoms with Crippen LogP contribution in [0, 0.1) is 22.0 Å². The summed E-state index contributed by atoms with van der Waals surface area (Å²) in [5, 5.41) is 11.5. The quantitative estimate of drug-likeness (QED) is 0.365. The molecule has 1 heterocycles. The van der Waals surface area contributed by atoms with Crippen molar-refractivity contribution in [3.63, 3.8) is 0 Å². The SMILES string of the molecule is CCOC(=O)C1[C@H](c2ccccc2)[C@@H](C(C)C)CN1S(=O)(=O)c1ccccc1[N+](=O)[O-]. The van der Waals surface area contributed by atoms with E-state index in [1.54, 1.807) is 6.92 Å². The molecule has 3 rings (SSSR count). The summed E-state index contributed by atoms with van der Waals surface area (Å²) in [5.74, 6) is -1.19. The van der Waals surface area contributed by atoms with Crippen molar-refractivity contribution in [2.45, 2.75) is 37.6 Å². The number of esters is 1. The molecule has 166 valence electrons. The number of nitrogens with zero attached hydrogens (tertiary/aromatic N) is 2. The number of carbonyl (C=O) groups is 1. The van der Waals surface area contributed by atoms with Crippen molar-refractivity contribution >= 4 is 21.7 Å². The predicted octanol–water partition coefficient (Wildman–Crippen LogP) is 3.59. The smallest absolute Gasteiger partial charge is 0.325 e. The lowest BCUT2D eigenvalue weighted by Gasteiger charge is -2.27. The van der Waals surface area contributed by atoms with Gasteiger partial charge in [0.25, 0.3) is 15.7 Å². The molecule has 1 unspecified atom stereocenters. The van der Waals surface area contributed by atoms with E-state index in [1.165, 1.54) is 18.2 Å². The van der Waals surface area contributed by atoms with Gasteiger partial charge < -0.3 is 4.74 Å². The maximum Gasteiger partial charge on any atom is 0.325 e. The van der Waals surface area contributed by atoms with Gasteiger partial charge in [-0.15, -0.1) is 0 Å². The minimum atomic E-state index is -4.34. The highest BCUT2D eigenvalue weighted by atomic mass is 32.2. The second kappa shape index (κ2) is 9.15. The van der Waals surface area contributed by atoms with Crippen LogP contribution in [-0.4, -0.2) is 42.8 Å². The number of ether oxygens (including phenoxy) is 1. The third-order valence-corrected chi connectivity index (χ3v) is 7.61. The molecular formula is C22H26N2O6S. The van der Waals surface area contributed by atoms with Gasteiger partial charge in [-0.25, -0.2) is 8.42 Å². The van der Waals surface area contributed by atoms with Crippen molar-refractivity contribution in [1.82, 2.24) is 4.31 Å². The van der Waals surface area contributed by atoms with Crippen molar-refractivity contribution in [1.29, 1.82) is 0 Å². The molecule has 0 aliphatic carbocycles. The summed E-state index contributed by atoms with van der Waals surface area (Å²) in [6.45, 7) is 5.77. The molecule has 1 aliphatic rings. The molecule has 0 spiro atoms. The zero-order chi connectivity index (χ0) is 22.8. The lowest BCUT2D eigenvalue weighted by molar-refractivity contribution is -0.387. The Hall–Kier alpha value is -2.78. The molecule has 1 aliphatic heterocycles. The van der Waals surface area contributed by atoms with Gasteiger partial charge in [0.15, 0.2) is 4.90 Å². The standard InChI is InChI=1S/C22H26N2O6S/c1-4-30-22(25)21-20(16-10-6-5-7-11-16)17(15(2)3)14-23(21)31(28,29)19-13-9-8-12-18(19)24(26)27/h5-13,15,17,20-21H,4,14H2,1-3H3/t17-,20-,21?/m1/s1. The first-order valence-electron chi connectivity index (χ1n) is 10.2. The van der Waals surface area contributed by atoms with Crippen LogP contribution < -0.4 is 0 Å². The third-order valence-electron chi connectivity index (χ3n) is 5.72. The highest BCUT2D eigenvalue weighted by Gasteiger charge is 2.53. The lowest BCUT2D eigenvalue weighted by Crippen LogP contribution is -2.43. The zero-order valence-electron chi connectivity index (χ0n) is 17.7. The third kappa shape index (κ3) is 4.33. The Balaban J connectivity index is 2.18. The Labute approximate surface area is 182 Å². The number of para-hydroxylation sites is 1. The first-order valence-corrected chi connectivity index (χ1v) is 11.6. The largest absolute Gasteiger partial charge is 0.465 e. The van der Waals surface area contributed by atoms with Crippen molar-refractivity contribution in [3.05, 3.63) is 70.3 Å². The highest BCUT2D eigenvalue weighted by molar-refractivity contribution is 7.89. The average Bonchev–Trinajstić information content (AvgIpc) is 3.16. The van der Waals surface area contributed by atoms with Gasteiger partial charge in [-0.3, -0.25) is 14.9 Å². The van der Waals surface area contributed by atoms with Crippen LogP contribution in [0.3, 0.4) is 0 Å². The number of sulfonamides is 1. The summed E-state index contributed by atoms with van der Waals surface area (Å²) in [4.78, 5) is 23.4. The van der Waals surface area contributed by atoms with Gasteiger partial charge in [0.05, 0.1) is 11.5 Å².